The fourth-order valence-corrected chi connectivity index (χ4v) is 5.40. The molecule has 0 aliphatic carbocycles. The molecule has 32 heavy (non-hydrogen) atoms. The largest absolute Gasteiger partial charge is 0.497 e. The molecule has 5 rings (SSSR count). The minimum Gasteiger partial charge on any atom is -0.497 e. The molecular formula is C24H20ClN3O2S2. The Morgan fingerprint density at radius 1 is 1.03 bits per heavy atom. The number of thiophene rings is 1. The smallest absolute Gasteiger partial charge is 0.207 e. The highest BCUT2D eigenvalue weighted by molar-refractivity contribution is 7.14. The first-order chi connectivity index (χ1) is 15.7. The third kappa shape index (κ3) is 3.99. The summed E-state index contributed by atoms with van der Waals surface area (Å²) in [6, 6.07) is 17.9. The number of hydrazone groups is 1. The maximum atomic E-state index is 6.13. The standard InChI is InChI=1S/C24H20ClN3O2S2/c1-29-17-9-10-22(30-2)18(12-17)20-14-32-24(26-20)28-21(15-5-7-16(25)8-6-15)13-19(27-28)23-4-3-11-31-23/h3-12,14,21H,13H2,1-2H3/t21-/m1/s1. The number of thiazole rings is 1. The Balaban J connectivity index is 1.54. The van der Waals surface area contributed by atoms with Gasteiger partial charge in [0, 0.05) is 22.4 Å². The molecular weight excluding hydrogens is 462 g/mol. The van der Waals surface area contributed by atoms with E-state index >= 15 is 0 Å². The highest BCUT2D eigenvalue weighted by Crippen LogP contribution is 2.41. The molecule has 0 N–H and O–H groups in total. The Morgan fingerprint density at radius 3 is 2.59 bits per heavy atom. The third-order valence-electron chi connectivity index (χ3n) is 5.34. The minimum absolute atomic E-state index is 0.0515. The number of anilines is 1. The molecule has 162 valence electrons. The topological polar surface area (TPSA) is 47.0 Å². The lowest BCUT2D eigenvalue weighted by atomic mass is 10.0. The second-order valence-electron chi connectivity index (χ2n) is 7.22. The summed E-state index contributed by atoms with van der Waals surface area (Å²) in [5, 5.41) is 12.7. The molecule has 0 bridgehead atoms. The molecule has 0 amide bonds. The van der Waals surface area contributed by atoms with Crippen molar-refractivity contribution >= 4 is 45.1 Å². The van der Waals surface area contributed by atoms with Crippen LogP contribution in [-0.2, 0) is 0 Å². The molecule has 8 heteroatoms. The Bertz CT molecular complexity index is 1250. The van der Waals surface area contributed by atoms with E-state index in [9.17, 15) is 0 Å². The van der Waals surface area contributed by atoms with E-state index in [1.165, 1.54) is 4.88 Å². The van der Waals surface area contributed by atoms with Crippen LogP contribution in [-0.4, -0.2) is 24.9 Å². The number of methoxy groups -OCH3 is 2. The number of rotatable bonds is 6. The number of ether oxygens (including phenoxy) is 2. The predicted molar refractivity (Wildman–Crippen MR) is 133 cm³/mol. The number of nitrogens with zero attached hydrogens (tertiary/aromatic N) is 3. The first-order valence-corrected chi connectivity index (χ1v) is 12.1. The number of hydrogen-bond donors (Lipinski definition) is 0. The number of hydrogen-bond acceptors (Lipinski definition) is 7. The zero-order chi connectivity index (χ0) is 22.1. The Hall–Kier alpha value is -2.87. The monoisotopic (exact) mass is 481 g/mol. The summed E-state index contributed by atoms with van der Waals surface area (Å²) in [4.78, 5) is 6.11. The molecule has 4 aromatic rings. The van der Waals surface area contributed by atoms with Gasteiger partial charge in [0.05, 0.1) is 36.5 Å². The van der Waals surface area contributed by atoms with Crippen LogP contribution in [0.15, 0.2) is 70.5 Å². The van der Waals surface area contributed by atoms with Gasteiger partial charge in [0.15, 0.2) is 0 Å². The van der Waals surface area contributed by atoms with Crippen LogP contribution in [0.2, 0.25) is 5.02 Å². The summed E-state index contributed by atoms with van der Waals surface area (Å²) < 4.78 is 11.0. The van der Waals surface area contributed by atoms with Crippen molar-refractivity contribution < 1.29 is 9.47 Å². The van der Waals surface area contributed by atoms with Crippen LogP contribution in [0.1, 0.15) is 22.9 Å². The normalized spacial score (nSPS) is 15.7. The zero-order valence-electron chi connectivity index (χ0n) is 17.5. The van der Waals surface area contributed by atoms with E-state index in [2.05, 4.69) is 29.6 Å². The molecule has 1 atom stereocenters. The first kappa shape index (κ1) is 21.0. The van der Waals surface area contributed by atoms with Crippen LogP contribution in [0.4, 0.5) is 5.13 Å². The van der Waals surface area contributed by atoms with Crippen LogP contribution in [0.5, 0.6) is 11.5 Å². The van der Waals surface area contributed by atoms with Crippen LogP contribution in [0.25, 0.3) is 11.3 Å². The highest BCUT2D eigenvalue weighted by atomic mass is 35.5. The Morgan fingerprint density at radius 2 is 1.88 bits per heavy atom. The maximum absolute atomic E-state index is 6.13. The zero-order valence-corrected chi connectivity index (χ0v) is 19.9. The molecule has 0 radical (unpaired) electrons. The van der Waals surface area contributed by atoms with Crippen molar-refractivity contribution in [2.24, 2.45) is 5.10 Å². The summed E-state index contributed by atoms with van der Waals surface area (Å²) in [5.41, 5.74) is 3.94. The molecule has 1 aliphatic rings. The fourth-order valence-electron chi connectivity index (χ4n) is 3.73. The summed E-state index contributed by atoms with van der Waals surface area (Å²) in [6.45, 7) is 0. The van der Waals surface area contributed by atoms with Gasteiger partial charge in [-0.2, -0.15) is 5.10 Å². The fraction of sp³-hybridized carbons (Fsp3) is 0.167. The molecule has 1 aliphatic heterocycles. The van der Waals surface area contributed by atoms with Crippen LogP contribution in [0, 0.1) is 0 Å². The molecule has 0 spiro atoms. The van der Waals surface area contributed by atoms with Gasteiger partial charge in [-0.15, -0.1) is 22.7 Å². The van der Waals surface area contributed by atoms with E-state index in [-0.39, 0.29) is 6.04 Å². The van der Waals surface area contributed by atoms with Crippen molar-refractivity contribution in [2.45, 2.75) is 12.5 Å². The van der Waals surface area contributed by atoms with Gasteiger partial charge in [-0.3, -0.25) is 0 Å². The lowest BCUT2D eigenvalue weighted by Gasteiger charge is -2.21. The van der Waals surface area contributed by atoms with Gasteiger partial charge in [-0.05, 0) is 47.3 Å². The van der Waals surface area contributed by atoms with E-state index in [0.29, 0.717) is 0 Å². The Labute approximate surface area is 199 Å². The van der Waals surface area contributed by atoms with E-state index in [1.54, 1.807) is 36.9 Å². The van der Waals surface area contributed by atoms with Crippen molar-refractivity contribution in [2.75, 3.05) is 19.2 Å². The van der Waals surface area contributed by atoms with Crippen molar-refractivity contribution in [3.05, 3.63) is 80.8 Å². The van der Waals surface area contributed by atoms with Gasteiger partial charge in [0.1, 0.15) is 11.5 Å². The predicted octanol–water partition coefficient (Wildman–Crippen LogP) is 6.90. The molecule has 3 heterocycles. The third-order valence-corrected chi connectivity index (χ3v) is 7.34. The van der Waals surface area contributed by atoms with Crippen molar-refractivity contribution in [1.29, 1.82) is 0 Å². The second kappa shape index (κ2) is 8.94. The average Bonchev–Trinajstić information content (AvgIpc) is 3.59. The second-order valence-corrected chi connectivity index (χ2v) is 9.44. The van der Waals surface area contributed by atoms with Crippen molar-refractivity contribution in [3.63, 3.8) is 0 Å². The quantitative estimate of drug-likeness (QED) is 0.300. The first-order valence-electron chi connectivity index (χ1n) is 10.00. The number of halogens is 1. The maximum Gasteiger partial charge on any atom is 0.207 e. The SMILES string of the molecule is COc1ccc(OC)c(-c2csc(N3N=C(c4cccs4)C[C@@H]3c3ccc(Cl)cc3)n2)c1. The van der Waals surface area contributed by atoms with Crippen LogP contribution in [0.3, 0.4) is 0 Å². The van der Waals surface area contributed by atoms with E-state index < -0.39 is 0 Å². The molecule has 2 aromatic carbocycles. The number of benzene rings is 2. The van der Waals surface area contributed by atoms with Crippen molar-refractivity contribution in [3.8, 4) is 22.8 Å². The average molecular weight is 482 g/mol. The van der Waals surface area contributed by atoms with Crippen LogP contribution >= 0.6 is 34.3 Å². The summed E-state index contributed by atoms with van der Waals surface area (Å²) in [5.74, 6) is 1.51. The lowest BCUT2D eigenvalue weighted by molar-refractivity contribution is 0.404. The molecule has 0 unspecified atom stereocenters. The molecule has 0 fully saturated rings. The van der Waals surface area contributed by atoms with E-state index in [0.717, 1.165) is 50.6 Å². The number of aromatic nitrogens is 1. The summed E-state index contributed by atoms with van der Waals surface area (Å²) >= 11 is 9.40. The van der Waals surface area contributed by atoms with Gasteiger partial charge < -0.3 is 9.47 Å². The van der Waals surface area contributed by atoms with Gasteiger partial charge >= 0.3 is 0 Å². The highest BCUT2D eigenvalue weighted by Gasteiger charge is 2.32. The van der Waals surface area contributed by atoms with Gasteiger partial charge in [-0.1, -0.05) is 29.8 Å². The molecule has 0 saturated carbocycles. The van der Waals surface area contributed by atoms with Crippen LogP contribution < -0.4 is 14.5 Å². The lowest BCUT2D eigenvalue weighted by Crippen LogP contribution is -2.18. The molecule has 2 aromatic heterocycles. The summed E-state index contributed by atoms with van der Waals surface area (Å²) in [7, 11) is 3.31. The van der Waals surface area contributed by atoms with Gasteiger partial charge in [-0.25, -0.2) is 9.99 Å². The molecule has 5 nitrogen and oxygen atoms in total. The van der Waals surface area contributed by atoms with E-state index in [1.807, 2.05) is 40.7 Å². The summed E-state index contributed by atoms with van der Waals surface area (Å²) in [6.07, 6.45) is 0.805. The van der Waals surface area contributed by atoms with Crippen molar-refractivity contribution in [1.82, 2.24) is 4.98 Å². The Kier molecular flexibility index (Phi) is 5.87. The minimum atomic E-state index is 0.0515. The molecule has 0 saturated heterocycles. The van der Waals surface area contributed by atoms with Gasteiger partial charge in [0.25, 0.3) is 0 Å². The van der Waals surface area contributed by atoms with Gasteiger partial charge in [0.2, 0.25) is 5.13 Å². The van der Waals surface area contributed by atoms with E-state index in [4.69, 9.17) is 31.2 Å².